The summed E-state index contributed by atoms with van der Waals surface area (Å²) in [6, 6.07) is 6.00. The Balaban J connectivity index is 0.00000200. The molecule has 1 aliphatic rings. The molecule has 1 saturated heterocycles. The maximum Gasteiger partial charge on any atom is 0.134 e. The molecule has 1 heterocycles. The molecule has 122 valence electrons. The molecule has 1 aromatic rings. The van der Waals surface area contributed by atoms with E-state index >= 15 is 0 Å². The van der Waals surface area contributed by atoms with Gasteiger partial charge in [0.15, 0.2) is 0 Å². The van der Waals surface area contributed by atoms with Crippen molar-refractivity contribution in [3.05, 3.63) is 28.8 Å². The van der Waals surface area contributed by atoms with Gasteiger partial charge < -0.3 is 10.4 Å². The fraction of sp³-hybridized carbons (Fsp3) is 0.600. The van der Waals surface area contributed by atoms with Crippen molar-refractivity contribution in [3.8, 4) is 5.75 Å². The van der Waals surface area contributed by atoms with Gasteiger partial charge in [-0.05, 0) is 23.6 Å². The van der Waals surface area contributed by atoms with E-state index in [0.717, 1.165) is 32.6 Å². The number of phenolic OH excluding ortho intramolecular Hbond substituents is 1. The number of aromatic hydroxyl groups is 1. The zero-order chi connectivity index (χ0) is 13.8. The Morgan fingerprint density at radius 2 is 1.90 bits per heavy atom. The van der Waals surface area contributed by atoms with Gasteiger partial charge in [-0.1, -0.05) is 37.9 Å². The van der Waals surface area contributed by atoms with Crippen LogP contribution in [0.4, 0.5) is 0 Å². The van der Waals surface area contributed by atoms with Crippen molar-refractivity contribution in [1.29, 1.82) is 0 Å². The third kappa shape index (κ3) is 5.19. The minimum atomic E-state index is 0. The molecule has 2 N–H and O–H groups in total. The van der Waals surface area contributed by atoms with Gasteiger partial charge in [0.2, 0.25) is 0 Å². The van der Waals surface area contributed by atoms with Crippen LogP contribution < -0.4 is 5.32 Å². The average molecular weight is 356 g/mol. The quantitative estimate of drug-likeness (QED) is 0.860. The molecule has 0 aromatic heterocycles. The first kappa shape index (κ1) is 20.8. The Morgan fingerprint density at radius 1 is 1.29 bits per heavy atom. The van der Waals surface area contributed by atoms with Crippen LogP contribution in [0.3, 0.4) is 0 Å². The van der Waals surface area contributed by atoms with Crippen molar-refractivity contribution in [3.63, 3.8) is 0 Å². The molecular weight excluding hydrogens is 331 g/mol. The van der Waals surface area contributed by atoms with Gasteiger partial charge in [0.25, 0.3) is 0 Å². The first-order valence-electron chi connectivity index (χ1n) is 7.06. The topological polar surface area (TPSA) is 35.5 Å². The largest absolute Gasteiger partial charge is 0.506 e. The summed E-state index contributed by atoms with van der Waals surface area (Å²) in [6.07, 6.45) is 1.13. The third-order valence-electron chi connectivity index (χ3n) is 4.04. The molecule has 0 aliphatic carbocycles. The maximum atomic E-state index is 9.58. The number of nitrogens with zero attached hydrogens (tertiary/aromatic N) is 1. The van der Waals surface area contributed by atoms with Crippen LogP contribution in [0.2, 0.25) is 5.02 Å². The van der Waals surface area contributed by atoms with Crippen LogP contribution in [-0.4, -0.2) is 36.2 Å². The summed E-state index contributed by atoms with van der Waals surface area (Å²) in [7, 11) is 0. The number of hydrogen-bond donors (Lipinski definition) is 2. The summed E-state index contributed by atoms with van der Waals surface area (Å²) in [5.41, 5.74) is 1.21. The molecule has 0 radical (unpaired) electrons. The van der Waals surface area contributed by atoms with Crippen LogP contribution in [0.1, 0.15) is 31.9 Å². The van der Waals surface area contributed by atoms with Crippen LogP contribution in [0.15, 0.2) is 18.2 Å². The van der Waals surface area contributed by atoms with E-state index < -0.39 is 0 Å². The molecule has 1 fully saturated rings. The van der Waals surface area contributed by atoms with Crippen LogP contribution in [-0.2, 0) is 0 Å². The van der Waals surface area contributed by atoms with E-state index in [2.05, 4.69) is 24.1 Å². The van der Waals surface area contributed by atoms with Crippen molar-refractivity contribution in [2.75, 3.05) is 26.2 Å². The number of benzene rings is 1. The lowest BCUT2D eigenvalue weighted by Gasteiger charge is -2.38. The van der Waals surface area contributed by atoms with E-state index in [0.29, 0.717) is 17.0 Å². The van der Waals surface area contributed by atoms with Gasteiger partial charge in [0, 0.05) is 32.2 Å². The molecule has 0 saturated carbocycles. The van der Waals surface area contributed by atoms with Crippen molar-refractivity contribution in [2.24, 2.45) is 5.92 Å². The highest BCUT2D eigenvalue weighted by atomic mass is 35.5. The van der Waals surface area contributed by atoms with Gasteiger partial charge in [0.1, 0.15) is 5.75 Å². The second-order valence-electron chi connectivity index (χ2n) is 5.33. The lowest BCUT2D eigenvalue weighted by Crippen LogP contribution is -2.46. The summed E-state index contributed by atoms with van der Waals surface area (Å²) < 4.78 is 0. The maximum absolute atomic E-state index is 9.58. The number of halogens is 3. The molecule has 1 aliphatic heterocycles. The minimum absolute atomic E-state index is 0. The fourth-order valence-electron chi connectivity index (χ4n) is 2.79. The van der Waals surface area contributed by atoms with Gasteiger partial charge >= 0.3 is 0 Å². The number of piperazine rings is 1. The summed E-state index contributed by atoms with van der Waals surface area (Å²) in [5, 5.41) is 13.4. The van der Waals surface area contributed by atoms with Crippen LogP contribution in [0.5, 0.6) is 5.75 Å². The number of phenols is 1. The van der Waals surface area contributed by atoms with Crippen molar-refractivity contribution >= 4 is 36.4 Å². The molecule has 0 bridgehead atoms. The van der Waals surface area contributed by atoms with E-state index in [1.165, 1.54) is 5.56 Å². The SMILES string of the molecule is CCC(C)[C@@H](c1ccc(O)c(Cl)c1)N1CCNCC1.Cl.Cl. The Labute approximate surface area is 144 Å². The third-order valence-corrected chi connectivity index (χ3v) is 4.34. The highest BCUT2D eigenvalue weighted by Gasteiger charge is 2.26. The second-order valence-corrected chi connectivity index (χ2v) is 5.73. The van der Waals surface area contributed by atoms with Crippen LogP contribution in [0.25, 0.3) is 0 Å². The Bertz CT molecular complexity index is 425. The monoisotopic (exact) mass is 354 g/mol. The normalized spacial score (nSPS) is 18.2. The zero-order valence-electron chi connectivity index (χ0n) is 12.5. The first-order chi connectivity index (χ1) is 9.13. The molecule has 0 amide bonds. The summed E-state index contributed by atoms with van der Waals surface area (Å²) >= 11 is 6.06. The summed E-state index contributed by atoms with van der Waals surface area (Å²) in [5.74, 6) is 0.729. The molecule has 0 spiro atoms. The molecule has 2 atom stereocenters. The lowest BCUT2D eigenvalue weighted by molar-refractivity contribution is 0.128. The van der Waals surface area contributed by atoms with Crippen LogP contribution >= 0.6 is 36.4 Å². The summed E-state index contributed by atoms with van der Waals surface area (Å²) in [4.78, 5) is 2.52. The standard InChI is InChI=1S/C15H23ClN2O.2ClH/c1-3-11(2)15(18-8-6-17-7-9-18)12-4-5-14(19)13(16)10-12;;/h4-5,10-11,15,17,19H,3,6-9H2,1-2H3;2*1H/t11?,15-;;/m0../s1. The molecule has 6 heteroatoms. The smallest absolute Gasteiger partial charge is 0.134 e. The number of hydrogen-bond acceptors (Lipinski definition) is 3. The van der Waals surface area contributed by atoms with Crippen LogP contribution in [0, 0.1) is 5.92 Å². The molecular formula is C15H25Cl3N2O. The van der Waals surface area contributed by atoms with Crippen molar-refractivity contribution in [1.82, 2.24) is 10.2 Å². The Hall–Kier alpha value is -0.190. The highest BCUT2D eigenvalue weighted by molar-refractivity contribution is 6.32. The van der Waals surface area contributed by atoms with Gasteiger partial charge in [-0.3, -0.25) is 4.90 Å². The number of nitrogens with one attached hydrogen (secondary N) is 1. The molecule has 1 unspecified atom stereocenters. The second kappa shape index (κ2) is 9.75. The van der Waals surface area contributed by atoms with E-state index in [4.69, 9.17) is 11.6 Å². The van der Waals surface area contributed by atoms with Gasteiger partial charge in [-0.2, -0.15) is 0 Å². The lowest BCUT2D eigenvalue weighted by atomic mass is 9.90. The first-order valence-corrected chi connectivity index (χ1v) is 7.44. The van der Waals surface area contributed by atoms with Crippen molar-refractivity contribution in [2.45, 2.75) is 26.3 Å². The molecule has 1 aromatic carbocycles. The van der Waals surface area contributed by atoms with Crippen molar-refractivity contribution < 1.29 is 5.11 Å². The summed E-state index contributed by atoms with van der Waals surface area (Å²) in [6.45, 7) is 8.72. The van der Waals surface area contributed by atoms with Gasteiger partial charge in [-0.25, -0.2) is 0 Å². The Kier molecular flexibility index (Phi) is 9.66. The number of rotatable bonds is 4. The Morgan fingerprint density at radius 3 is 2.43 bits per heavy atom. The minimum Gasteiger partial charge on any atom is -0.506 e. The van der Waals surface area contributed by atoms with E-state index in [9.17, 15) is 5.11 Å². The predicted molar refractivity (Wildman–Crippen MR) is 94.3 cm³/mol. The zero-order valence-corrected chi connectivity index (χ0v) is 14.9. The highest BCUT2D eigenvalue weighted by Crippen LogP contribution is 2.34. The van der Waals surface area contributed by atoms with Gasteiger partial charge in [-0.15, -0.1) is 24.8 Å². The fourth-order valence-corrected chi connectivity index (χ4v) is 2.98. The van der Waals surface area contributed by atoms with E-state index in [1.54, 1.807) is 6.07 Å². The van der Waals surface area contributed by atoms with E-state index in [1.807, 2.05) is 12.1 Å². The average Bonchev–Trinajstić information content (AvgIpc) is 2.44. The van der Waals surface area contributed by atoms with E-state index in [-0.39, 0.29) is 30.6 Å². The predicted octanol–water partition coefficient (Wildman–Crippen LogP) is 3.88. The molecule has 21 heavy (non-hydrogen) atoms. The van der Waals surface area contributed by atoms with Gasteiger partial charge in [0.05, 0.1) is 5.02 Å². The molecule has 3 nitrogen and oxygen atoms in total. The molecule has 2 rings (SSSR count).